The summed E-state index contributed by atoms with van der Waals surface area (Å²) in [5, 5.41) is 2.48. The van der Waals surface area contributed by atoms with Crippen LogP contribution in [-0.4, -0.2) is 24.3 Å². The molecule has 7 heteroatoms. The van der Waals surface area contributed by atoms with E-state index in [9.17, 15) is 14.4 Å². The van der Waals surface area contributed by atoms with Crippen LogP contribution in [0.2, 0.25) is 0 Å². The fraction of sp³-hybridized carbons (Fsp3) is 0.188. The van der Waals surface area contributed by atoms with Gasteiger partial charge in [0.05, 0.1) is 18.4 Å². The third-order valence-corrected chi connectivity index (χ3v) is 3.11. The van der Waals surface area contributed by atoms with Crippen molar-refractivity contribution in [3.63, 3.8) is 0 Å². The van der Waals surface area contributed by atoms with Gasteiger partial charge >= 0.3 is 0 Å². The monoisotopic (exact) mass is 315 g/mol. The highest BCUT2D eigenvalue weighted by molar-refractivity contribution is 5.98. The summed E-state index contributed by atoms with van der Waals surface area (Å²) in [6, 6.07) is 8.51. The number of hydrazine groups is 1. The molecule has 1 aromatic carbocycles. The first-order valence-electron chi connectivity index (χ1n) is 6.95. The van der Waals surface area contributed by atoms with Crippen molar-refractivity contribution in [3.05, 3.63) is 59.0 Å². The molecule has 0 atom stereocenters. The Bertz CT molecular complexity index is 736. The smallest absolute Gasteiger partial charge is 0.273 e. The maximum absolute atomic E-state index is 11.9. The average Bonchev–Trinajstić information content (AvgIpc) is 2.96. The zero-order valence-electron chi connectivity index (χ0n) is 12.8. The van der Waals surface area contributed by atoms with Gasteiger partial charge in [0.2, 0.25) is 0 Å². The van der Waals surface area contributed by atoms with Crippen molar-refractivity contribution in [2.24, 2.45) is 0 Å². The van der Waals surface area contributed by atoms with Crippen molar-refractivity contribution >= 4 is 17.7 Å². The predicted molar refractivity (Wildman–Crippen MR) is 82.6 cm³/mol. The second-order valence-corrected chi connectivity index (χ2v) is 4.94. The second-order valence-electron chi connectivity index (χ2n) is 4.94. The summed E-state index contributed by atoms with van der Waals surface area (Å²) in [5.41, 5.74) is 6.21. The number of carbonyl (C=O) groups excluding carboxylic acids is 3. The molecular weight excluding hydrogens is 298 g/mol. The van der Waals surface area contributed by atoms with Gasteiger partial charge < -0.3 is 9.73 Å². The lowest BCUT2D eigenvalue weighted by molar-refractivity contribution is -0.120. The van der Waals surface area contributed by atoms with E-state index < -0.39 is 11.8 Å². The van der Waals surface area contributed by atoms with E-state index in [2.05, 4.69) is 16.2 Å². The fourth-order valence-corrected chi connectivity index (χ4v) is 1.91. The Morgan fingerprint density at radius 3 is 2.48 bits per heavy atom. The second kappa shape index (κ2) is 7.26. The maximum atomic E-state index is 11.9. The molecule has 120 valence electrons. The van der Waals surface area contributed by atoms with Crippen molar-refractivity contribution in [3.8, 4) is 0 Å². The summed E-state index contributed by atoms with van der Waals surface area (Å²) in [6.07, 6.45) is 1.38. The molecule has 7 nitrogen and oxygen atoms in total. The molecule has 0 spiro atoms. The maximum Gasteiger partial charge on any atom is 0.273 e. The van der Waals surface area contributed by atoms with Crippen molar-refractivity contribution in [1.29, 1.82) is 0 Å². The van der Waals surface area contributed by atoms with E-state index in [0.717, 1.165) is 5.56 Å². The SMILES string of the molecule is Cc1cccc(C(=O)NCC(=O)NNC(=O)c2ccoc2C)c1. The van der Waals surface area contributed by atoms with E-state index in [0.29, 0.717) is 16.9 Å². The number of rotatable bonds is 4. The van der Waals surface area contributed by atoms with Gasteiger partial charge in [-0.25, -0.2) is 0 Å². The Hall–Kier alpha value is -3.09. The topological polar surface area (TPSA) is 100 Å². The minimum Gasteiger partial charge on any atom is -0.469 e. The average molecular weight is 315 g/mol. The lowest BCUT2D eigenvalue weighted by Crippen LogP contribution is -2.46. The molecule has 0 unspecified atom stereocenters. The van der Waals surface area contributed by atoms with E-state index in [1.807, 2.05) is 13.0 Å². The van der Waals surface area contributed by atoms with Crippen molar-refractivity contribution in [2.75, 3.05) is 6.54 Å². The van der Waals surface area contributed by atoms with Gasteiger partial charge in [0.1, 0.15) is 5.76 Å². The Kier molecular flexibility index (Phi) is 5.14. The van der Waals surface area contributed by atoms with Crippen molar-refractivity contribution in [1.82, 2.24) is 16.2 Å². The number of hydrogen-bond acceptors (Lipinski definition) is 4. The first-order valence-corrected chi connectivity index (χ1v) is 6.95. The number of aryl methyl sites for hydroxylation is 2. The summed E-state index contributed by atoms with van der Waals surface area (Å²) >= 11 is 0. The van der Waals surface area contributed by atoms with E-state index in [4.69, 9.17) is 4.42 Å². The standard InChI is InChI=1S/C16H17N3O4/c1-10-4-3-5-12(8-10)15(21)17-9-14(20)18-19-16(22)13-6-7-23-11(13)2/h3-8H,9H2,1-2H3,(H,17,21)(H,18,20)(H,19,22). The molecule has 2 aromatic rings. The molecular formula is C16H17N3O4. The van der Waals surface area contributed by atoms with Gasteiger partial charge in [0, 0.05) is 5.56 Å². The van der Waals surface area contributed by atoms with Crippen molar-refractivity contribution < 1.29 is 18.8 Å². The molecule has 0 aliphatic heterocycles. The Morgan fingerprint density at radius 2 is 1.83 bits per heavy atom. The predicted octanol–water partition coefficient (Wildman–Crippen LogP) is 1.09. The van der Waals surface area contributed by atoms with Crippen molar-refractivity contribution in [2.45, 2.75) is 13.8 Å². The number of benzene rings is 1. The third-order valence-electron chi connectivity index (χ3n) is 3.11. The van der Waals surface area contributed by atoms with Gasteiger partial charge in [-0.15, -0.1) is 0 Å². The quantitative estimate of drug-likeness (QED) is 0.735. The Morgan fingerprint density at radius 1 is 1.04 bits per heavy atom. The molecule has 23 heavy (non-hydrogen) atoms. The summed E-state index contributed by atoms with van der Waals surface area (Å²) in [7, 11) is 0. The van der Waals surface area contributed by atoms with Crippen LogP contribution in [0.25, 0.3) is 0 Å². The minimum absolute atomic E-state index is 0.253. The van der Waals surface area contributed by atoms with Crippen LogP contribution in [0.15, 0.2) is 41.0 Å². The normalized spacial score (nSPS) is 10.0. The highest BCUT2D eigenvalue weighted by Crippen LogP contribution is 2.07. The summed E-state index contributed by atoms with van der Waals surface area (Å²) in [4.78, 5) is 35.3. The largest absolute Gasteiger partial charge is 0.469 e. The van der Waals surface area contributed by atoms with E-state index in [-0.39, 0.29) is 12.5 Å². The van der Waals surface area contributed by atoms with Crippen LogP contribution in [0.5, 0.6) is 0 Å². The van der Waals surface area contributed by atoms with Crippen LogP contribution in [0.1, 0.15) is 32.0 Å². The molecule has 0 aliphatic carbocycles. The summed E-state index contributed by atoms with van der Waals surface area (Å²) < 4.78 is 5.00. The number of carbonyl (C=O) groups is 3. The van der Waals surface area contributed by atoms with Crippen LogP contribution in [-0.2, 0) is 4.79 Å². The van der Waals surface area contributed by atoms with Gasteiger partial charge in [0.25, 0.3) is 17.7 Å². The Balaban J connectivity index is 1.78. The number of nitrogens with one attached hydrogen (secondary N) is 3. The molecule has 0 saturated heterocycles. The van der Waals surface area contributed by atoms with E-state index >= 15 is 0 Å². The lowest BCUT2D eigenvalue weighted by atomic mass is 10.1. The lowest BCUT2D eigenvalue weighted by Gasteiger charge is -2.08. The molecule has 0 bridgehead atoms. The molecule has 0 saturated carbocycles. The first kappa shape index (κ1) is 16.3. The summed E-state index contributed by atoms with van der Waals surface area (Å²) in [5.74, 6) is -0.944. The zero-order valence-corrected chi connectivity index (χ0v) is 12.8. The molecule has 0 aliphatic rings. The molecule has 3 amide bonds. The van der Waals surface area contributed by atoms with Gasteiger partial charge in [-0.1, -0.05) is 17.7 Å². The molecule has 1 heterocycles. The third kappa shape index (κ3) is 4.44. The zero-order chi connectivity index (χ0) is 16.8. The van der Waals surface area contributed by atoms with E-state index in [1.54, 1.807) is 25.1 Å². The minimum atomic E-state index is -0.541. The molecule has 0 radical (unpaired) electrons. The van der Waals surface area contributed by atoms with Gasteiger partial charge in [-0.2, -0.15) is 0 Å². The van der Waals surface area contributed by atoms with Crippen LogP contribution in [0, 0.1) is 13.8 Å². The van der Waals surface area contributed by atoms with Crippen LogP contribution >= 0.6 is 0 Å². The van der Waals surface area contributed by atoms with Gasteiger partial charge in [0.15, 0.2) is 0 Å². The van der Waals surface area contributed by atoms with Crippen LogP contribution < -0.4 is 16.2 Å². The van der Waals surface area contributed by atoms with Gasteiger partial charge in [-0.3, -0.25) is 25.2 Å². The van der Waals surface area contributed by atoms with Gasteiger partial charge in [-0.05, 0) is 32.0 Å². The molecule has 1 aromatic heterocycles. The van der Waals surface area contributed by atoms with Crippen LogP contribution in [0.4, 0.5) is 0 Å². The van der Waals surface area contributed by atoms with Crippen LogP contribution in [0.3, 0.4) is 0 Å². The molecule has 2 rings (SSSR count). The van der Waals surface area contributed by atoms with E-state index in [1.165, 1.54) is 12.3 Å². The first-order chi connectivity index (χ1) is 11.0. The number of amides is 3. The summed E-state index contributed by atoms with van der Waals surface area (Å²) in [6.45, 7) is 3.26. The highest BCUT2D eigenvalue weighted by atomic mass is 16.3. The fourth-order valence-electron chi connectivity index (χ4n) is 1.91. The number of furan rings is 1. The number of hydrogen-bond donors (Lipinski definition) is 3. The molecule has 3 N–H and O–H groups in total. The molecule has 0 fully saturated rings. The highest BCUT2D eigenvalue weighted by Gasteiger charge is 2.13. The Labute approximate surface area is 133 Å².